The van der Waals surface area contributed by atoms with Crippen LogP contribution in [-0.4, -0.2) is 40.3 Å². The van der Waals surface area contributed by atoms with Crippen LogP contribution in [0.4, 0.5) is 0 Å². The van der Waals surface area contributed by atoms with Crippen molar-refractivity contribution in [3.05, 3.63) is 53.5 Å². The number of hydrogen-bond donors (Lipinski definition) is 1. The summed E-state index contributed by atoms with van der Waals surface area (Å²) in [5.41, 5.74) is 3.44. The fourth-order valence-corrected chi connectivity index (χ4v) is 4.05. The van der Waals surface area contributed by atoms with Crippen molar-refractivity contribution in [3.63, 3.8) is 0 Å². The van der Waals surface area contributed by atoms with Gasteiger partial charge < -0.3 is 14.6 Å². The smallest absolute Gasteiger partial charge is 0.194 e. The molecule has 0 aliphatic carbocycles. The quantitative estimate of drug-likeness (QED) is 0.544. The van der Waals surface area contributed by atoms with Gasteiger partial charge in [0.1, 0.15) is 17.9 Å². The Morgan fingerprint density at radius 1 is 1.36 bits per heavy atom. The zero-order valence-electron chi connectivity index (χ0n) is 17.0. The van der Waals surface area contributed by atoms with E-state index in [-0.39, 0.29) is 0 Å². The standard InChI is InChI=1S/C22H29N5O/c1-4-23-22(24-13-21-16(2)19-7-5-6-8-20(19)28-21)27-10-9-17(15-27)11-18-12-25-26(3)14-18/h5-8,12,14,17H,4,9-11,13,15H2,1-3H3,(H,23,24). The molecule has 1 aromatic carbocycles. The number of aliphatic imine (C=N–C) groups is 1. The van der Waals surface area contributed by atoms with E-state index in [9.17, 15) is 0 Å². The van der Waals surface area contributed by atoms with Gasteiger partial charge in [-0.05, 0) is 44.2 Å². The lowest BCUT2D eigenvalue weighted by molar-refractivity contribution is 0.457. The summed E-state index contributed by atoms with van der Waals surface area (Å²) in [6.45, 7) is 7.72. The maximum atomic E-state index is 6.03. The first-order valence-corrected chi connectivity index (χ1v) is 10.1. The van der Waals surface area contributed by atoms with Gasteiger partial charge >= 0.3 is 0 Å². The molecule has 28 heavy (non-hydrogen) atoms. The molecule has 0 saturated carbocycles. The van der Waals surface area contributed by atoms with Crippen LogP contribution in [0.25, 0.3) is 11.0 Å². The van der Waals surface area contributed by atoms with E-state index in [2.05, 4.69) is 47.5 Å². The van der Waals surface area contributed by atoms with Crippen molar-refractivity contribution >= 4 is 16.9 Å². The fraction of sp³-hybridized carbons (Fsp3) is 0.455. The highest BCUT2D eigenvalue weighted by Crippen LogP contribution is 2.26. The molecule has 1 aliphatic rings. The highest BCUT2D eigenvalue weighted by atomic mass is 16.3. The molecule has 0 amide bonds. The minimum absolute atomic E-state index is 0.562. The second-order valence-electron chi connectivity index (χ2n) is 7.64. The second kappa shape index (κ2) is 8.09. The van der Waals surface area contributed by atoms with Gasteiger partial charge in [0.05, 0.1) is 6.20 Å². The lowest BCUT2D eigenvalue weighted by Gasteiger charge is -2.21. The van der Waals surface area contributed by atoms with Gasteiger partial charge in [0.15, 0.2) is 5.96 Å². The molecule has 1 aliphatic heterocycles. The highest BCUT2D eigenvalue weighted by molar-refractivity contribution is 5.82. The zero-order valence-corrected chi connectivity index (χ0v) is 17.0. The highest BCUT2D eigenvalue weighted by Gasteiger charge is 2.25. The Morgan fingerprint density at radius 3 is 2.96 bits per heavy atom. The van der Waals surface area contributed by atoms with Crippen LogP contribution in [0, 0.1) is 12.8 Å². The zero-order chi connectivity index (χ0) is 19.5. The van der Waals surface area contributed by atoms with Crippen LogP contribution in [0.1, 0.15) is 30.2 Å². The van der Waals surface area contributed by atoms with Crippen LogP contribution in [0.2, 0.25) is 0 Å². The summed E-state index contributed by atoms with van der Waals surface area (Å²) in [5.74, 6) is 2.57. The molecule has 0 bridgehead atoms. The van der Waals surface area contributed by atoms with E-state index in [0.29, 0.717) is 12.5 Å². The first-order chi connectivity index (χ1) is 13.6. The Kier molecular flexibility index (Phi) is 5.37. The molecule has 4 rings (SSSR count). The van der Waals surface area contributed by atoms with Crippen LogP contribution in [0.5, 0.6) is 0 Å². The SMILES string of the molecule is CCNC(=NCc1oc2ccccc2c1C)N1CCC(Cc2cnn(C)c2)C1. The monoisotopic (exact) mass is 379 g/mol. The summed E-state index contributed by atoms with van der Waals surface area (Å²) in [4.78, 5) is 7.27. The third-order valence-electron chi connectivity index (χ3n) is 5.52. The van der Waals surface area contributed by atoms with Crippen LogP contribution in [-0.2, 0) is 20.0 Å². The Hall–Kier alpha value is -2.76. The van der Waals surface area contributed by atoms with Gasteiger partial charge in [-0.25, -0.2) is 4.99 Å². The lowest BCUT2D eigenvalue weighted by atomic mass is 10.0. The Morgan fingerprint density at radius 2 is 2.21 bits per heavy atom. The van der Waals surface area contributed by atoms with Gasteiger partial charge in [0.2, 0.25) is 0 Å². The van der Waals surface area contributed by atoms with Crippen molar-refractivity contribution in [2.75, 3.05) is 19.6 Å². The van der Waals surface area contributed by atoms with Crippen molar-refractivity contribution in [1.82, 2.24) is 20.0 Å². The van der Waals surface area contributed by atoms with Gasteiger partial charge in [-0.2, -0.15) is 5.10 Å². The van der Waals surface area contributed by atoms with Crippen LogP contribution in [0.15, 0.2) is 46.1 Å². The number of likely N-dealkylation sites (tertiary alicyclic amines) is 1. The molecule has 1 fully saturated rings. The third kappa shape index (κ3) is 3.91. The first kappa shape index (κ1) is 18.6. The average molecular weight is 380 g/mol. The molecule has 2 aromatic heterocycles. The molecule has 6 heteroatoms. The molecule has 6 nitrogen and oxygen atoms in total. The maximum absolute atomic E-state index is 6.03. The van der Waals surface area contributed by atoms with Crippen molar-refractivity contribution in [2.45, 2.75) is 33.2 Å². The van der Waals surface area contributed by atoms with Crippen molar-refractivity contribution in [2.24, 2.45) is 18.0 Å². The van der Waals surface area contributed by atoms with Crippen molar-refractivity contribution in [1.29, 1.82) is 0 Å². The number of benzene rings is 1. The number of aromatic nitrogens is 2. The van der Waals surface area contributed by atoms with Gasteiger partial charge in [-0.3, -0.25) is 4.68 Å². The van der Waals surface area contributed by atoms with Gasteiger partial charge in [-0.15, -0.1) is 0 Å². The van der Waals surface area contributed by atoms with E-state index >= 15 is 0 Å². The van der Waals surface area contributed by atoms with Gasteiger partial charge in [-0.1, -0.05) is 18.2 Å². The van der Waals surface area contributed by atoms with Crippen LogP contribution >= 0.6 is 0 Å². The van der Waals surface area contributed by atoms with Gasteiger partial charge in [0, 0.05) is 43.8 Å². The number of rotatable bonds is 5. The fourth-order valence-electron chi connectivity index (χ4n) is 4.05. The van der Waals surface area contributed by atoms with E-state index in [4.69, 9.17) is 9.41 Å². The number of aryl methyl sites for hydroxylation is 2. The average Bonchev–Trinajstić information content (AvgIpc) is 3.40. The number of para-hydroxylation sites is 1. The number of guanidine groups is 1. The summed E-state index contributed by atoms with van der Waals surface area (Å²) >= 11 is 0. The molecular weight excluding hydrogens is 350 g/mol. The van der Waals surface area contributed by atoms with E-state index in [1.807, 2.05) is 30.1 Å². The predicted molar refractivity (Wildman–Crippen MR) is 112 cm³/mol. The molecular formula is C22H29N5O. The first-order valence-electron chi connectivity index (χ1n) is 10.1. The molecule has 3 aromatic rings. The Balaban J connectivity index is 1.45. The van der Waals surface area contributed by atoms with E-state index in [1.54, 1.807) is 0 Å². The number of furan rings is 1. The van der Waals surface area contributed by atoms with E-state index in [0.717, 1.165) is 43.4 Å². The lowest BCUT2D eigenvalue weighted by Crippen LogP contribution is -2.40. The topological polar surface area (TPSA) is 58.6 Å². The molecule has 1 N–H and O–H groups in total. The van der Waals surface area contributed by atoms with E-state index in [1.165, 1.54) is 22.9 Å². The molecule has 0 spiro atoms. The maximum Gasteiger partial charge on any atom is 0.194 e. The third-order valence-corrected chi connectivity index (χ3v) is 5.52. The summed E-state index contributed by atoms with van der Waals surface area (Å²) < 4.78 is 7.91. The number of nitrogens with one attached hydrogen (secondary N) is 1. The molecule has 3 heterocycles. The van der Waals surface area contributed by atoms with Crippen molar-refractivity contribution in [3.8, 4) is 0 Å². The molecule has 0 radical (unpaired) electrons. The van der Waals surface area contributed by atoms with Crippen LogP contribution in [0.3, 0.4) is 0 Å². The second-order valence-corrected chi connectivity index (χ2v) is 7.64. The minimum atomic E-state index is 0.562. The Labute approximate surface area is 166 Å². The largest absolute Gasteiger partial charge is 0.459 e. The molecule has 1 unspecified atom stereocenters. The molecule has 148 valence electrons. The molecule has 1 saturated heterocycles. The van der Waals surface area contributed by atoms with Crippen molar-refractivity contribution < 1.29 is 4.42 Å². The van der Waals surface area contributed by atoms with Gasteiger partial charge in [0.25, 0.3) is 0 Å². The summed E-state index contributed by atoms with van der Waals surface area (Å²) in [6, 6.07) is 8.18. The summed E-state index contributed by atoms with van der Waals surface area (Å²) in [7, 11) is 1.97. The number of nitrogens with zero attached hydrogens (tertiary/aromatic N) is 4. The van der Waals surface area contributed by atoms with E-state index < -0.39 is 0 Å². The molecule has 1 atom stereocenters. The summed E-state index contributed by atoms with van der Waals surface area (Å²) in [5, 5.41) is 8.92. The number of hydrogen-bond acceptors (Lipinski definition) is 3. The minimum Gasteiger partial charge on any atom is -0.459 e. The van der Waals surface area contributed by atoms with Crippen LogP contribution < -0.4 is 5.32 Å². The predicted octanol–water partition coefficient (Wildman–Crippen LogP) is 3.50. The number of fused-ring (bicyclic) bond motifs is 1. The summed E-state index contributed by atoms with van der Waals surface area (Å²) in [6.07, 6.45) is 6.36. The normalized spacial score (nSPS) is 17.6. The Bertz CT molecular complexity index is 970.